The van der Waals surface area contributed by atoms with Crippen LogP contribution in [-0.4, -0.2) is 45.7 Å². The van der Waals surface area contributed by atoms with Crippen molar-refractivity contribution in [2.24, 2.45) is 0 Å². The average Bonchev–Trinajstić information content (AvgIpc) is 2.65. The van der Waals surface area contributed by atoms with Crippen LogP contribution < -0.4 is 19.9 Å². The molecule has 0 aromatic heterocycles. The molecule has 1 amide bonds. The van der Waals surface area contributed by atoms with Crippen molar-refractivity contribution < 1.29 is 23.2 Å². The maximum atomic E-state index is 13.6. The van der Waals surface area contributed by atoms with E-state index in [0.29, 0.717) is 0 Å². The number of quaternary nitrogens is 1. The summed E-state index contributed by atoms with van der Waals surface area (Å²) in [5, 5.41) is 2.34. The van der Waals surface area contributed by atoms with Crippen molar-refractivity contribution in [1.82, 2.24) is 0 Å². The highest BCUT2D eigenvalue weighted by Crippen LogP contribution is 2.21. The van der Waals surface area contributed by atoms with Gasteiger partial charge in [-0.05, 0) is 24.3 Å². The number of para-hydroxylation sites is 1. The third-order valence-electron chi connectivity index (χ3n) is 4.53. The molecule has 0 unspecified atom stereocenters. The molecular weight excluding hydrogens is 340 g/mol. The van der Waals surface area contributed by atoms with Crippen LogP contribution in [0.15, 0.2) is 42.5 Å². The van der Waals surface area contributed by atoms with E-state index in [1.54, 1.807) is 7.11 Å². The van der Waals surface area contributed by atoms with E-state index < -0.39 is 11.6 Å². The molecule has 0 radical (unpaired) electrons. The monoisotopic (exact) mass is 362 g/mol. The number of hydrogen-bond acceptors (Lipinski definition) is 3. The van der Waals surface area contributed by atoms with Crippen molar-refractivity contribution in [2.45, 2.75) is 0 Å². The normalized spacial score (nSPS) is 15.0. The van der Waals surface area contributed by atoms with Crippen molar-refractivity contribution in [1.29, 1.82) is 0 Å². The molecule has 26 heavy (non-hydrogen) atoms. The van der Waals surface area contributed by atoms with Gasteiger partial charge in [0.25, 0.3) is 5.91 Å². The van der Waals surface area contributed by atoms with Gasteiger partial charge in [-0.15, -0.1) is 0 Å². The molecule has 1 heterocycles. The lowest BCUT2D eigenvalue weighted by atomic mass is 10.2. The largest absolute Gasteiger partial charge is 0.497 e. The Morgan fingerprint density at radius 1 is 1.15 bits per heavy atom. The number of piperazine rings is 1. The molecule has 0 spiro atoms. The van der Waals surface area contributed by atoms with Crippen LogP contribution in [0.4, 0.5) is 20.2 Å². The van der Waals surface area contributed by atoms with Gasteiger partial charge in [0.05, 0.1) is 33.3 Å². The number of amides is 1. The molecule has 0 saturated carbocycles. The summed E-state index contributed by atoms with van der Waals surface area (Å²) in [6.45, 7) is 3.31. The third kappa shape index (κ3) is 4.29. The summed E-state index contributed by atoms with van der Waals surface area (Å²) in [6, 6.07) is 11.4. The second kappa shape index (κ2) is 8.14. The topological polar surface area (TPSA) is 46.0 Å². The minimum atomic E-state index is -0.767. The quantitative estimate of drug-likeness (QED) is 0.843. The molecule has 138 valence electrons. The van der Waals surface area contributed by atoms with Gasteiger partial charge in [-0.2, -0.15) is 0 Å². The van der Waals surface area contributed by atoms with E-state index in [-0.39, 0.29) is 18.1 Å². The Morgan fingerprint density at radius 2 is 1.81 bits per heavy atom. The van der Waals surface area contributed by atoms with Gasteiger partial charge in [0.2, 0.25) is 0 Å². The first kappa shape index (κ1) is 18.1. The molecule has 0 aliphatic carbocycles. The van der Waals surface area contributed by atoms with Gasteiger partial charge in [0, 0.05) is 11.8 Å². The van der Waals surface area contributed by atoms with Gasteiger partial charge in [-0.25, -0.2) is 8.78 Å². The molecule has 3 rings (SSSR count). The van der Waals surface area contributed by atoms with Crippen molar-refractivity contribution in [2.75, 3.05) is 50.1 Å². The Labute approximate surface area is 151 Å². The van der Waals surface area contributed by atoms with E-state index in [2.05, 4.69) is 10.2 Å². The average molecular weight is 362 g/mol. The SMILES string of the molecule is COc1cccc(N2CC[NH+](CC(=O)Nc3c(F)cccc3F)CC2)c1. The molecular formula is C19H22F2N3O2+. The van der Waals surface area contributed by atoms with Crippen LogP contribution >= 0.6 is 0 Å². The number of carbonyl (C=O) groups excluding carboxylic acids is 1. The maximum absolute atomic E-state index is 13.6. The van der Waals surface area contributed by atoms with E-state index >= 15 is 0 Å². The highest BCUT2D eigenvalue weighted by molar-refractivity contribution is 5.91. The standard InChI is InChI=1S/C19H21F2N3O2/c1-26-15-5-2-4-14(12-15)24-10-8-23(9-11-24)13-18(25)22-19-16(20)6-3-7-17(19)21/h2-7,12H,8-11,13H2,1H3,(H,22,25)/p+1. The van der Waals surface area contributed by atoms with Crippen LogP contribution in [0.3, 0.4) is 0 Å². The van der Waals surface area contributed by atoms with Gasteiger partial charge in [-0.3, -0.25) is 4.79 Å². The molecule has 1 aliphatic heterocycles. The van der Waals surface area contributed by atoms with Crippen molar-refractivity contribution in [3.63, 3.8) is 0 Å². The predicted molar refractivity (Wildman–Crippen MR) is 95.8 cm³/mol. The number of halogens is 2. The number of benzene rings is 2. The number of nitrogens with zero attached hydrogens (tertiary/aromatic N) is 1. The summed E-state index contributed by atoms with van der Waals surface area (Å²) in [5.41, 5.74) is 0.702. The summed E-state index contributed by atoms with van der Waals surface area (Å²) >= 11 is 0. The Kier molecular flexibility index (Phi) is 5.68. The van der Waals surface area contributed by atoms with Crippen LogP contribution in [0.2, 0.25) is 0 Å². The third-order valence-corrected chi connectivity index (χ3v) is 4.53. The lowest BCUT2D eigenvalue weighted by Crippen LogP contribution is -3.15. The van der Waals surface area contributed by atoms with E-state index in [1.807, 2.05) is 24.3 Å². The minimum absolute atomic E-state index is 0.180. The molecule has 2 aromatic carbocycles. The van der Waals surface area contributed by atoms with E-state index in [0.717, 1.165) is 54.6 Å². The van der Waals surface area contributed by atoms with Gasteiger partial charge in [0.1, 0.15) is 23.1 Å². The highest BCUT2D eigenvalue weighted by Gasteiger charge is 2.23. The Morgan fingerprint density at radius 3 is 2.46 bits per heavy atom. The fourth-order valence-electron chi connectivity index (χ4n) is 3.09. The molecule has 2 N–H and O–H groups in total. The number of anilines is 2. The summed E-state index contributed by atoms with van der Waals surface area (Å²) in [5.74, 6) is -1.12. The second-order valence-electron chi connectivity index (χ2n) is 6.26. The zero-order valence-corrected chi connectivity index (χ0v) is 14.6. The predicted octanol–water partition coefficient (Wildman–Crippen LogP) is 1.32. The van der Waals surface area contributed by atoms with Crippen molar-refractivity contribution in [3.05, 3.63) is 54.1 Å². The Balaban J connectivity index is 1.53. The van der Waals surface area contributed by atoms with Crippen LogP contribution in [0.1, 0.15) is 0 Å². The first-order chi connectivity index (χ1) is 12.6. The van der Waals surface area contributed by atoms with E-state index in [4.69, 9.17) is 4.74 Å². The summed E-state index contributed by atoms with van der Waals surface area (Å²) in [4.78, 5) is 15.4. The van der Waals surface area contributed by atoms with Gasteiger partial charge in [-0.1, -0.05) is 12.1 Å². The Bertz CT molecular complexity index is 757. The molecule has 1 saturated heterocycles. The zero-order valence-electron chi connectivity index (χ0n) is 14.6. The van der Waals surface area contributed by atoms with Crippen molar-refractivity contribution in [3.8, 4) is 5.75 Å². The number of carbonyl (C=O) groups is 1. The minimum Gasteiger partial charge on any atom is -0.497 e. The fourth-order valence-corrected chi connectivity index (χ4v) is 3.09. The molecule has 7 heteroatoms. The Hall–Kier alpha value is -2.67. The smallest absolute Gasteiger partial charge is 0.279 e. The summed E-state index contributed by atoms with van der Waals surface area (Å²) < 4.78 is 32.5. The number of hydrogen-bond donors (Lipinski definition) is 2. The van der Waals surface area contributed by atoms with Crippen LogP contribution in [0.25, 0.3) is 0 Å². The van der Waals surface area contributed by atoms with E-state index in [9.17, 15) is 13.6 Å². The number of ether oxygens (including phenoxy) is 1. The van der Waals surface area contributed by atoms with E-state index in [1.165, 1.54) is 6.07 Å². The number of rotatable bonds is 5. The molecule has 1 fully saturated rings. The maximum Gasteiger partial charge on any atom is 0.279 e. The fraction of sp³-hybridized carbons (Fsp3) is 0.316. The lowest BCUT2D eigenvalue weighted by Gasteiger charge is -2.33. The number of nitrogens with one attached hydrogen (secondary N) is 2. The van der Waals surface area contributed by atoms with Crippen LogP contribution in [0, 0.1) is 11.6 Å². The number of methoxy groups -OCH3 is 1. The molecule has 0 atom stereocenters. The van der Waals surface area contributed by atoms with Gasteiger partial charge >= 0.3 is 0 Å². The van der Waals surface area contributed by atoms with Crippen LogP contribution in [-0.2, 0) is 4.79 Å². The van der Waals surface area contributed by atoms with Gasteiger partial charge in [0.15, 0.2) is 6.54 Å². The van der Waals surface area contributed by atoms with Gasteiger partial charge < -0.3 is 19.9 Å². The first-order valence-corrected chi connectivity index (χ1v) is 8.53. The molecule has 5 nitrogen and oxygen atoms in total. The lowest BCUT2D eigenvalue weighted by molar-refractivity contribution is -0.892. The summed E-state index contributed by atoms with van der Waals surface area (Å²) in [7, 11) is 1.64. The van der Waals surface area contributed by atoms with Crippen LogP contribution in [0.5, 0.6) is 5.75 Å². The highest BCUT2D eigenvalue weighted by atomic mass is 19.1. The first-order valence-electron chi connectivity index (χ1n) is 8.53. The molecule has 2 aromatic rings. The zero-order chi connectivity index (χ0) is 18.5. The van der Waals surface area contributed by atoms with Crippen molar-refractivity contribution >= 4 is 17.3 Å². The summed E-state index contributed by atoms with van der Waals surface area (Å²) in [6.07, 6.45) is 0. The molecule has 0 bridgehead atoms. The second-order valence-corrected chi connectivity index (χ2v) is 6.26. The molecule has 1 aliphatic rings.